The van der Waals surface area contributed by atoms with E-state index in [2.05, 4.69) is 0 Å². The number of hydrogen-bond acceptors (Lipinski definition) is 3. The summed E-state index contributed by atoms with van der Waals surface area (Å²) in [5.74, 6) is 2.09. The maximum atomic E-state index is 11.9. The summed E-state index contributed by atoms with van der Waals surface area (Å²) in [7, 11) is 0. The highest BCUT2D eigenvalue weighted by Gasteiger charge is 2.20. The van der Waals surface area contributed by atoms with E-state index in [0.717, 1.165) is 37.3 Å². The molecule has 4 nitrogen and oxygen atoms in total. The molecule has 18 heavy (non-hydrogen) atoms. The number of Topliss-reactive ketones (excluding diaryl/α,β-unsaturated/α-hetero) is 1. The van der Waals surface area contributed by atoms with Crippen LogP contribution < -0.4 is 0 Å². The van der Waals surface area contributed by atoms with Gasteiger partial charge in [-0.1, -0.05) is 0 Å². The van der Waals surface area contributed by atoms with E-state index in [1.54, 1.807) is 4.90 Å². The van der Waals surface area contributed by atoms with E-state index in [1.807, 2.05) is 19.1 Å². The molecule has 1 amide bonds. The second kappa shape index (κ2) is 5.85. The van der Waals surface area contributed by atoms with Gasteiger partial charge in [-0.2, -0.15) is 0 Å². The molecule has 0 radical (unpaired) electrons. The van der Waals surface area contributed by atoms with Crippen LogP contribution in [-0.4, -0.2) is 29.7 Å². The van der Waals surface area contributed by atoms with E-state index < -0.39 is 0 Å². The highest BCUT2D eigenvalue weighted by Crippen LogP contribution is 2.12. The second-order valence-corrected chi connectivity index (χ2v) is 4.82. The van der Waals surface area contributed by atoms with Gasteiger partial charge in [-0.25, -0.2) is 0 Å². The lowest BCUT2D eigenvalue weighted by molar-refractivity contribution is -0.137. The van der Waals surface area contributed by atoms with E-state index in [-0.39, 0.29) is 11.7 Å². The topological polar surface area (TPSA) is 50.5 Å². The summed E-state index contributed by atoms with van der Waals surface area (Å²) in [5.41, 5.74) is 0. The van der Waals surface area contributed by atoms with Crippen molar-refractivity contribution in [1.82, 2.24) is 4.90 Å². The third-order valence-corrected chi connectivity index (χ3v) is 3.21. The van der Waals surface area contributed by atoms with Crippen molar-refractivity contribution in [2.45, 2.75) is 39.0 Å². The molecule has 0 unspecified atom stereocenters. The minimum absolute atomic E-state index is 0.0892. The van der Waals surface area contributed by atoms with Crippen LogP contribution >= 0.6 is 0 Å². The van der Waals surface area contributed by atoms with Gasteiger partial charge in [0.15, 0.2) is 5.78 Å². The maximum absolute atomic E-state index is 11.9. The highest BCUT2D eigenvalue weighted by molar-refractivity contribution is 5.87. The Labute approximate surface area is 107 Å². The van der Waals surface area contributed by atoms with Gasteiger partial charge >= 0.3 is 0 Å². The Bertz CT molecular complexity index is 436. The van der Waals surface area contributed by atoms with Crippen molar-refractivity contribution < 1.29 is 14.0 Å². The van der Waals surface area contributed by atoms with Gasteiger partial charge in [-0.3, -0.25) is 9.59 Å². The van der Waals surface area contributed by atoms with Crippen molar-refractivity contribution >= 4 is 11.7 Å². The molecule has 0 spiro atoms. The van der Waals surface area contributed by atoms with E-state index in [1.165, 1.54) is 0 Å². The number of carbonyl (C=O) groups excluding carboxylic acids is 2. The molecule has 1 aliphatic heterocycles. The van der Waals surface area contributed by atoms with Gasteiger partial charge in [0, 0.05) is 25.8 Å². The number of furan rings is 1. The first-order valence-electron chi connectivity index (χ1n) is 6.50. The first kappa shape index (κ1) is 12.9. The molecule has 0 saturated carbocycles. The third-order valence-electron chi connectivity index (χ3n) is 3.21. The second-order valence-electron chi connectivity index (χ2n) is 4.82. The van der Waals surface area contributed by atoms with Crippen LogP contribution in [0.4, 0.5) is 0 Å². The molecule has 1 aromatic rings. The average Bonchev–Trinajstić information content (AvgIpc) is 2.75. The van der Waals surface area contributed by atoms with Crippen molar-refractivity contribution in [2.75, 3.05) is 13.1 Å². The number of carbonyl (C=O) groups is 2. The number of rotatable bonds is 4. The molecule has 0 bridgehead atoms. The standard InChI is InChI=1S/C14H19NO3/c1-11-7-8-13(18-11)5-2-6-14(17)15-9-3-4-12(16)10-15/h7-8H,2-6,9-10H2,1H3. The summed E-state index contributed by atoms with van der Waals surface area (Å²) in [4.78, 5) is 24.8. The zero-order valence-corrected chi connectivity index (χ0v) is 10.8. The predicted molar refractivity (Wildman–Crippen MR) is 67.2 cm³/mol. The minimum atomic E-state index is 0.0892. The number of ketones is 1. The van der Waals surface area contributed by atoms with Gasteiger partial charge in [0.05, 0.1) is 6.54 Å². The Morgan fingerprint density at radius 3 is 2.94 bits per heavy atom. The van der Waals surface area contributed by atoms with Crippen molar-refractivity contribution in [3.05, 3.63) is 23.7 Å². The van der Waals surface area contributed by atoms with Crippen LogP contribution in [0.15, 0.2) is 16.5 Å². The number of amides is 1. The monoisotopic (exact) mass is 249 g/mol. The SMILES string of the molecule is Cc1ccc(CCCC(=O)N2CCCC(=O)C2)o1. The molecule has 1 aromatic heterocycles. The van der Waals surface area contributed by atoms with E-state index in [4.69, 9.17) is 4.42 Å². The molecule has 1 aliphatic rings. The molecule has 0 N–H and O–H groups in total. The van der Waals surface area contributed by atoms with E-state index >= 15 is 0 Å². The summed E-state index contributed by atoms with van der Waals surface area (Å²) >= 11 is 0. The normalized spacial score (nSPS) is 16.1. The van der Waals surface area contributed by atoms with Crippen LogP contribution in [0.5, 0.6) is 0 Å². The van der Waals surface area contributed by atoms with Crippen LogP contribution in [0.2, 0.25) is 0 Å². The lowest BCUT2D eigenvalue weighted by atomic mass is 10.1. The molecule has 4 heteroatoms. The molecule has 2 heterocycles. The zero-order chi connectivity index (χ0) is 13.0. The number of aryl methyl sites for hydroxylation is 2. The fourth-order valence-electron chi connectivity index (χ4n) is 2.24. The number of hydrogen-bond donors (Lipinski definition) is 0. The third kappa shape index (κ3) is 3.45. The summed E-state index contributed by atoms with van der Waals surface area (Å²) in [6, 6.07) is 3.88. The van der Waals surface area contributed by atoms with Crippen LogP contribution in [0, 0.1) is 6.92 Å². The van der Waals surface area contributed by atoms with Crippen LogP contribution in [0.25, 0.3) is 0 Å². The molecule has 0 aliphatic carbocycles. The van der Waals surface area contributed by atoms with Crippen molar-refractivity contribution in [3.8, 4) is 0 Å². The van der Waals surface area contributed by atoms with Gasteiger partial charge in [-0.15, -0.1) is 0 Å². The molecule has 0 atom stereocenters. The summed E-state index contributed by atoms with van der Waals surface area (Å²) in [6.45, 7) is 2.94. The Kier molecular flexibility index (Phi) is 4.18. The Morgan fingerprint density at radius 1 is 1.44 bits per heavy atom. The van der Waals surface area contributed by atoms with E-state index in [9.17, 15) is 9.59 Å². The molecule has 98 valence electrons. The summed E-state index contributed by atoms with van der Waals surface area (Å²) < 4.78 is 5.45. The molecule has 2 rings (SSSR count). The van der Waals surface area contributed by atoms with Gasteiger partial charge in [0.2, 0.25) is 5.91 Å². The molecular weight excluding hydrogens is 230 g/mol. The Hall–Kier alpha value is -1.58. The zero-order valence-electron chi connectivity index (χ0n) is 10.8. The van der Waals surface area contributed by atoms with E-state index in [0.29, 0.717) is 19.4 Å². The highest BCUT2D eigenvalue weighted by atomic mass is 16.3. The van der Waals surface area contributed by atoms with Gasteiger partial charge in [-0.05, 0) is 31.9 Å². The fraction of sp³-hybridized carbons (Fsp3) is 0.571. The molecule has 1 fully saturated rings. The molecule has 0 aromatic carbocycles. The number of likely N-dealkylation sites (tertiary alicyclic amines) is 1. The fourth-order valence-corrected chi connectivity index (χ4v) is 2.24. The van der Waals surface area contributed by atoms with Gasteiger partial charge in [0.25, 0.3) is 0 Å². The number of piperidine rings is 1. The minimum Gasteiger partial charge on any atom is -0.466 e. The first-order valence-corrected chi connectivity index (χ1v) is 6.50. The largest absolute Gasteiger partial charge is 0.466 e. The van der Waals surface area contributed by atoms with Crippen molar-refractivity contribution in [1.29, 1.82) is 0 Å². The first-order chi connectivity index (χ1) is 8.65. The average molecular weight is 249 g/mol. The van der Waals surface area contributed by atoms with Gasteiger partial charge in [0.1, 0.15) is 11.5 Å². The Morgan fingerprint density at radius 2 is 2.28 bits per heavy atom. The molecular formula is C14H19NO3. The smallest absolute Gasteiger partial charge is 0.222 e. The van der Waals surface area contributed by atoms with Crippen LogP contribution in [0.3, 0.4) is 0 Å². The maximum Gasteiger partial charge on any atom is 0.222 e. The quantitative estimate of drug-likeness (QED) is 0.821. The lowest BCUT2D eigenvalue weighted by Crippen LogP contribution is -2.40. The lowest BCUT2D eigenvalue weighted by Gasteiger charge is -2.25. The van der Waals surface area contributed by atoms with Crippen molar-refractivity contribution in [2.24, 2.45) is 0 Å². The van der Waals surface area contributed by atoms with Gasteiger partial charge < -0.3 is 9.32 Å². The van der Waals surface area contributed by atoms with Crippen LogP contribution in [-0.2, 0) is 16.0 Å². The van der Waals surface area contributed by atoms with Crippen LogP contribution in [0.1, 0.15) is 37.2 Å². The summed E-state index contributed by atoms with van der Waals surface area (Å²) in [5, 5.41) is 0. The summed E-state index contributed by atoms with van der Waals surface area (Å²) in [6.07, 6.45) is 3.47. The predicted octanol–water partition coefficient (Wildman–Crippen LogP) is 2.10. The number of nitrogens with zero attached hydrogens (tertiary/aromatic N) is 1. The van der Waals surface area contributed by atoms with Crippen molar-refractivity contribution in [3.63, 3.8) is 0 Å². The molecule has 1 saturated heterocycles. The Balaban J connectivity index is 1.73.